The monoisotopic (exact) mass is 451 g/mol. The summed E-state index contributed by atoms with van der Waals surface area (Å²) in [5, 5.41) is 2.89. The number of carbonyl (C=O) groups is 1. The number of halogens is 3. The molecule has 2 aromatic rings. The Morgan fingerprint density at radius 2 is 2.00 bits per heavy atom. The van der Waals surface area contributed by atoms with Crippen molar-refractivity contribution in [1.29, 1.82) is 0 Å². The van der Waals surface area contributed by atoms with Gasteiger partial charge in [-0.1, -0.05) is 28.1 Å². The van der Waals surface area contributed by atoms with Crippen LogP contribution < -0.4 is 5.32 Å². The third-order valence-corrected chi connectivity index (χ3v) is 5.96. The van der Waals surface area contributed by atoms with Crippen molar-refractivity contribution >= 4 is 65.0 Å². The molecule has 0 aliphatic heterocycles. The van der Waals surface area contributed by atoms with E-state index >= 15 is 0 Å². The van der Waals surface area contributed by atoms with Crippen LogP contribution in [0.25, 0.3) is 0 Å². The van der Waals surface area contributed by atoms with Gasteiger partial charge in [-0.2, -0.15) is 0 Å². The van der Waals surface area contributed by atoms with Crippen molar-refractivity contribution in [3.05, 3.63) is 53.5 Å². The number of carbonyl (C=O) groups excluding carboxylic acids is 1. The van der Waals surface area contributed by atoms with E-state index in [9.17, 15) is 4.79 Å². The van der Waals surface area contributed by atoms with Gasteiger partial charge in [-0.05, 0) is 55.6 Å². The van der Waals surface area contributed by atoms with E-state index in [2.05, 4.69) is 53.1 Å². The van der Waals surface area contributed by atoms with Gasteiger partial charge in [-0.15, -0.1) is 11.3 Å². The normalized spacial score (nSPS) is 10.4. The predicted octanol–water partition coefficient (Wildman–Crippen LogP) is 4.97. The molecule has 0 aliphatic rings. The Balaban J connectivity index is 2.00. The summed E-state index contributed by atoms with van der Waals surface area (Å²) < 4.78 is 2.84. The Bertz CT molecular complexity index is 563. The summed E-state index contributed by atoms with van der Waals surface area (Å²) in [5.74, 6) is -0.0635. The molecule has 1 N–H and O–H groups in total. The second-order valence-corrected chi connectivity index (χ2v) is 7.69. The zero-order valence-electron chi connectivity index (χ0n) is 9.04. The van der Waals surface area contributed by atoms with Crippen LogP contribution >= 0.6 is 59.1 Å². The summed E-state index contributed by atoms with van der Waals surface area (Å²) in [6, 6.07) is 9.68. The van der Waals surface area contributed by atoms with Gasteiger partial charge in [0.25, 0.3) is 5.91 Å². The van der Waals surface area contributed by atoms with E-state index in [1.807, 2.05) is 30.3 Å². The minimum Gasteiger partial charge on any atom is -0.347 e. The maximum Gasteiger partial charge on any atom is 0.261 e. The third-order valence-electron chi connectivity index (χ3n) is 2.21. The first-order chi connectivity index (χ1) is 8.56. The van der Waals surface area contributed by atoms with Crippen LogP contribution in [0.5, 0.6) is 0 Å². The first-order valence-corrected chi connectivity index (χ1v) is 8.23. The van der Waals surface area contributed by atoms with Crippen molar-refractivity contribution in [3.63, 3.8) is 0 Å². The maximum atomic E-state index is 11.9. The lowest BCUT2D eigenvalue weighted by molar-refractivity contribution is 0.0955. The quantitative estimate of drug-likeness (QED) is 0.698. The molecule has 18 heavy (non-hydrogen) atoms. The standard InChI is InChI=1S/C12H8Br3NOS/c13-8-3-1-2-7(4-8)6-16-12(17)10-5-9(14)11(15)18-10/h1-5H,6H2,(H,16,17). The fourth-order valence-corrected chi connectivity index (χ4v) is 3.77. The summed E-state index contributed by atoms with van der Waals surface area (Å²) >= 11 is 11.6. The smallest absolute Gasteiger partial charge is 0.261 e. The molecule has 1 aromatic heterocycles. The van der Waals surface area contributed by atoms with E-state index in [1.54, 1.807) is 0 Å². The molecular formula is C12H8Br3NOS. The Morgan fingerprint density at radius 1 is 1.22 bits per heavy atom. The lowest BCUT2D eigenvalue weighted by atomic mass is 10.2. The zero-order valence-corrected chi connectivity index (χ0v) is 14.6. The van der Waals surface area contributed by atoms with Crippen molar-refractivity contribution in [2.75, 3.05) is 0 Å². The van der Waals surface area contributed by atoms with E-state index in [-0.39, 0.29) is 5.91 Å². The third kappa shape index (κ3) is 3.66. The highest BCUT2D eigenvalue weighted by molar-refractivity contribution is 9.13. The number of rotatable bonds is 3. The number of amides is 1. The second kappa shape index (κ2) is 6.32. The highest BCUT2D eigenvalue weighted by Gasteiger charge is 2.11. The average molecular weight is 454 g/mol. The number of hydrogen-bond acceptors (Lipinski definition) is 2. The van der Waals surface area contributed by atoms with E-state index in [0.717, 1.165) is 18.3 Å². The van der Waals surface area contributed by atoms with E-state index < -0.39 is 0 Å². The molecule has 0 radical (unpaired) electrons. The molecule has 94 valence electrons. The van der Waals surface area contributed by atoms with Crippen LogP contribution in [-0.4, -0.2) is 5.91 Å². The largest absolute Gasteiger partial charge is 0.347 e. The van der Waals surface area contributed by atoms with Crippen molar-refractivity contribution in [1.82, 2.24) is 5.32 Å². The van der Waals surface area contributed by atoms with Gasteiger partial charge < -0.3 is 5.32 Å². The summed E-state index contributed by atoms with van der Waals surface area (Å²) in [6.45, 7) is 0.519. The van der Waals surface area contributed by atoms with Gasteiger partial charge in [0.05, 0.1) is 8.66 Å². The molecule has 0 fully saturated rings. The van der Waals surface area contributed by atoms with E-state index in [0.29, 0.717) is 11.4 Å². The van der Waals surface area contributed by atoms with E-state index in [1.165, 1.54) is 11.3 Å². The molecule has 0 unspecified atom stereocenters. The molecular weight excluding hydrogens is 446 g/mol. The summed E-state index contributed by atoms with van der Waals surface area (Å²) in [6.07, 6.45) is 0. The lowest BCUT2D eigenvalue weighted by Crippen LogP contribution is -2.21. The molecule has 0 atom stereocenters. The molecule has 2 rings (SSSR count). The molecule has 1 heterocycles. The average Bonchev–Trinajstić information content (AvgIpc) is 2.67. The van der Waals surface area contributed by atoms with E-state index in [4.69, 9.17) is 0 Å². The first kappa shape index (κ1) is 14.2. The molecule has 0 aliphatic carbocycles. The van der Waals surface area contributed by atoms with Crippen molar-refractivity contribution in [2.45, 2.75) is 6.54 Å². The molecule has 2 nitrogen and oxygen atoms in total. The fraction of sp³-hybridized carbons (Fsp3) is 0.0833. The highest BCUT2D eigenvalue weighted by atomic mass is 79.9. The summed E-state index contributed by atoms with van der Waals surface area (Å²) in [5.41, 5.74) is 1.06. The van der Waals surface area contributed by atoms with Crippen LogP contribution in [0.4, 0.5) is 0 Å². The molecule has 1 amide bonds. The van der Waals surface area contributed by atoms with Crippen LogP contribution in [-0.2, 0) is 6.54 Å². The highest BCUT2D eigenvalue weighted by Crippen LogP contribution is 2.32. The molecule has 0 spiro atoms. The van der Waals surface area contributed by atoms with Crippen LogP contribution in [0.15, 0.2) is 43.1 Å². The second-order valence-electron chi connectivity index (χ2n) is 3.54. The fourth-order valence-electron chi connectivity index (χ4n) is 1.37. The van der Waals surface area contributed by atoms with Gasteiger partial charge >= 0.3 is 0 Å². The van der Waals surface area contributed by atoms with Crippen LogP contribution in [0.1, 0.15) is 15.2 Å². The maximum absolute atomic E-state index is 11.9. The number of hydrogen-bond donors (Lipinski definition) is 1. The Kier molecular flexibility index (Phi) is 5.00. The zero-order chi connectivity index (χ0) is 13.1. The number of nitrogens with one attached hydrogen (secondary N) is 1. The number of thiophene rings is 1. The van der Waals surface area contributed by atoms with Gasteiger partial charge in [0.1, 0.15) is 0 Å². The number of benzene rings is 1. The lowest BCUT2D eigenvalue weighted by Gasteiger charge is -2.04. The molecule has 6 heteroatoms. The molecule has 0 saturated carbocycles. The van der Waals surface area contributed by atoms with Gasteiger partial charge in [0.15, 0.2) is 0 Å². The van der Waals surface area contributed by atoms with Gasteiger partial charge in [0.2, 0.25) is 0 Å². The minimum atomic E-state index is -0.0635. The van der Waals surface area contributed by atoms with Crippen LogP contribution in [0.2, 0.25) is 0 Å². The Hall–Kier alpha value is -0.170. The van der Waals surface area contributed by atoms with Crippen molar-refractivity contribution in [3.8, 4) is 0 Å². The molecule has 0 saturated heterocycles. The Morgan fingerprint density at radius 3 is 2.61 bits per heavy atom. The predicted molar refractivity (Wildman–Crippen MR) is 85.0 cm³/mol. The molecule has 0 bridgehead atoms. The van der Waals surface area contributed by atoms with Crippen LogP contribution in [0, 0.1) is 0 Å². The van der Waals surface area contributed by atoms with Gasteiger partial charge in [-0.25, -0.2) is 0 Å². The van der Waals surface area contributed by atoms with Gasteiger partial charge in [0, 0.05) is 15.5 Å². The first-order valence-electron chi connectivity index (χ1n) is 5.04. The van der Waals surface area contributed by atoms with Gasteiger partial charge in [-0.3, -0.25) is 4.79 Å². The topological polar surface area (TPSA) is 29.1 Å². The Labute approximate surface area is 134 Å². The SMILES string of the molecule is O=C(NCc1cccc(Br)c1)c1cc(Br)c(Br)s1. The minimum absolute atomic E-state index is 0.0635. The summed E-state index contributed by atoms with van der Waals surface area (Å²) in [7, 11) is 0. The van der Waals surface area contributed by atoms with Crippen molar-refractivity contribution in [2.24, 2.45) is 0 Å². The summed E-state index contributed by atoms with van der Waals surface area (Å²) in [4.78, 5) is 12.6. The molecule has 1 aromatic carbocycles. The van der Waals surface area contributed by atoms with Crippen LogP contribution in [0.3, 0.4) is 0 Å². The van der Waals surface area contributed by atoms with Crippen molar-refractivity contribution < 1.29 is 4.79 Å².